The van der Waals surface area contributed by atoms with Crippen molar-refractivity contribution in [3.8, 4) is 0 Å². The van der Waals surface area contributed by atoms with Crippen LogP contribution in [0, 0.1) is 6.92 Å². The highest BCUT2D eigenvalue weighted by atomic mass is 16.3. The summed E-state index contributed by atoms with van der Waals surface area (Å²) < 4.78 is 5.29. The number of amides is 2. The van der Waals surface area contributed by atoms with E-state index in [1.165, 1.54) is 17.5 Å². The van der Waals surface area contributed by atoms with E-state index in [-0.39, 0.29) is 23.6 Å². The maximum Gasteiger partial charge on any atom is 0.291 e. The molecule has 2 amide bonds. The zero-order chi connectivity index (χ0) is 24.9. The molecule has 1 aromatic heterocycles. The molecule has 2 aromatic carbocycles. The number of aryl methyl sites for hydroxylation is 1. The van der Waals surface area contributed by atoms with Gasteiger partial charge in [-0.15, -0.1) is 0 Å². The van der Waals surface area contributed by atoms with E-state index in [0.717, 1.165) is 57.8 Å². The molecule has 188 valence electrons. The number of hydrogen-bond acceptors (Lipinski definition) is 6. The summed E-state index contributed by atoms with van der Waals surface area (Å²) in [5, 5.41) is 9.44. The maximum absolute atomic E-state index is 13.0. The molecule has 2 aliphatic rings. The van der Waals surface area contributed by atoms with Crippen LogP contribution in [-0.4, -0.2) is 57.1 Å². The molecule has 3 heterocycles. The van der Waals surface area contributed by atoms with Crippen LogP contribution in [-0.2, 0) is 0 Å². The Morgan fingerprint density at radius 3 is 2.31 bits per heavy atom. The van der Waals surface area contributed by atoms with Gasteiger partial charge in [0.15, 0.2) is 5.76 Å². The molecule has 0 aliphatic carbocycles. The van der Waals surface area contributed by atoms with Crippen molar-refractivity contribution in [1.29, 1.82) is 0 Å². The van der Waals surface area contributed by atoms with Crippen LogP contribution in [0.1, 0.15) is 39.3 Å². The van der Waals surface area contributed by atoms with E-state index < -0.39 is 0 Å². The highest BCUT2D eigenvalue weighted by Crippen LogP contribution is 2.30. The Hall–Kier alpha value is -3.78. The van der Waals surface area contributed by atoms with Crippen molar-refractivity contribution in [3.05, 3.63) is 77.7 Å². The third-order valence-electron chi connectivity index (χ3n) is 7.00. The maximum atomic E-state index is 13.0. The number of furan rings is 1. The Labute approximate surface area is 211 Å². The molecular formula is C28H33N5O3. The first-order valence-corrected chi connectivity index (χ1v) is 12.6. The van der Waals surface area contributed by atoms with E-state index in [0.29, 0.717) is 11.3 Å². The van der Waals surface area contributed by atoms with Crippen LogP contribution in [0.2, 0.25) is 0 Å². The fourth-order valence-corrected chi connectivity index (χ4v) is 4.99. The second-order valence-corrected chi connectivity index (χ2v) is 9.42. The lowest BCUT2D eigenvalue weighted by Crippen LogP contribution is -2.47. The minimum absolute atomic E-state index is 0.119. The van der Waals surface area contributed by atoms with E-state index in [4.69, 9.17) is 4.42 Å². The number of para-hydroxylation sites is 1. The Balaban J connectivity index is 1.35. The van der Waals surface area contributed by atoms with Gasteiger partial charge in [-0.1, -0.05) is 18.2 Å². The molecule has 0 saturated carbocycles. The van der Waals surface area contributed by atoms with Crippen LogP contribution in [0.5, 0.6) is 0 Å². The Morgan fingerprint density at radius 1 is 0.889 bits per heavy atom. The summed E-state index contributed by atoms with van der Waals surface area (Å²) in [6, 6.07) is 17.5. The molecule has 0 spiro atoms. The van der Waals surface area contributed by atoms with Gasteiger partial charge in [0.05, 0.1) is 17.6 Å². The first kappa shape index (κ1) is 23.9. The van der Waals surface area contributed by atoms with Gasteiger partial charge in [-0.3, -0.25) is 9.59 Å². The van der Waals surface area contributed by atoms with Crippen LogP contribution >= 0.6 is 0 Å². The van der Waals surface area contributed by atoms with Crippen molar-refractivity contribution in [2.75, 3.05) is 54.4 Å². The summed E-state index contributed by atoms with van der Waals surface area (Å²) in [5.74, 6) is -0.225. The molecule has 2 fully saturated rings. The van der Waals surface area contributed by atoms with Crippen LogP contribution in [0.25, 0.3) is 0 Å². The van der Waals surface area contributed by atoms with Crippen molar-refractivity contribution >= 4 is 28.9 Å². The number of nitrogens with one attached hydrogen (secondary N) is 3. The molecule has 36 heavy (non-hydrogen) atoms. The fraction of sp³-hybridized carbons (Fsp3) is 0.357. The van der Waals surface area contributed by atoms with Crippen molar-refractivity contribution in [1.82, 2.24) is 10.6 Å². The molecule has 8 heteroatoms. The van der Waals surface area contributed by atoms with E-state index in [2.05, 4.69) is 56.9 Å². The monoisotopic (exact) mass is 487 g/mol. The van der Waals surface area contributed by atoms with Crippen molar-refractivity contribution in [2.45, 2.75) is 25.8 Å². The van der Waals surface area contributed by atoms with E-state index in [1.54, 1.807) is 18.2 Å². The van der Waals surface area contributed by atoms with E-state index in [9.17, 15) is 9.59 Å². The number of hydrogen-bond donors (Lipinski definition) is 3. The molecule has 2 saturated heterocycles. The number of piperazine rings is 1. The van der Waals surface area contributed by atoms with Gasteiger partial charge in [0.2, 0.25) is 0 Å². The van der Waals surface area contributed by atoms with Crippen LogP contribution in [0.15, 0.2) is 65.3 Å². The molecule has 0 radical (unpaired) electrons. The summed E-state index contributed by atoms with van der Waals surface area (Å²) >= 11 is 0. The Kier molecular flexibility index (Phi) is 7.23. The molecule has 3 N–H and O–H groups in total. The van der Waals surface area contributed by atoms with E-state index in [1.807, 2.05) is 12.1 Å². The highest BCUT2D eigenvalue weighted by Gasteiger charge is 2.23. The molecule has 0 bridgehead atoms. The second-order valence-electron chi connectivity index (χ2n) is 9.42. The van der Waals surface area contributed by atoms with Crippen LogP contribution < -0.4 is 25.8 Å². The van der Waals surface area contributed by atoms with Gasteiger partial charge in [-0.2, -0.15) is 0 Å². The number of carbonyl (C=O) groups excluding carboxylic acids is 2. The van der Waals surface area contributed by atoms with Gasteiger partial charge >= 0.3 is 0 Å². The van der Waals surface area contributed by atoms with Gasteiger partial charge in [0, 0.05) is 43.5 Å². The molecule has 0 atom stereocenters. The first-order chi connectivity index (χ1) is 17.6. The molecule has 8 nitrogen and oxygen atoms in total. The lowest BCUT2D eigenvalue weighted by Gasteiger charge is -2.38. The number of anilines is 3. The number of nitrogens with zero attached hydrogens (tertiary/aromatic N) is 2. The normalized spacial score (nSPS) is 16.6. The zero-order valence-corrected chi connectivity index (χ0v) is 20.6. The number of rotatable bonds is 6. The third-order valence-corrected chi connectivity index (χ3v) is 7.00. The highest BCUT2D eigenvalue weighted by molar-refractivity contribution is 6.05. The van der Waals surface area contributed by atoms with Gasteiger partial charge in [0.1, 0.15) is 0 Å². The first-order valence-electron chi connectivity index (χ1n) is 12.6. The predicted molar refractivity (Wildman–Crippen MR) is 142 cm³/mol. The topological polar surface area (TPSA) is 89.9 Å². The SMILES string of the molecule is Cc1ccccc1N1CCN(c2ccc(C(=O)NC3CCNCC3)cc2NC(=O)c2ccco2)CC1. The summed E-state index contributed by atoms with van der Waals surface area (Å²) in [6.45, 7) is 7.29. The summed E-state index contributed by atoms with van der Waals surface area (Å²) in [6.07, 6.45) is 3.30. The molecule has 0 unspecified atom stereocenters. The number of carbonyl (C=O) groups is 2. The summed E-state index contributed by atoms with van der Waals surface area (Å²) in [4.78, 5) is 30.5. The molecule has 2 aliphatic heterocycles. The summed E-state index contributed by atoms with van der Waals surface area (Å²) in [5.41, 5.74) is 4.57. The van der Waals surface area contributed by atoms with Crippen molar-refractivity contribution < 1.29 is 14.0 Å². The quantitative estimate of drug-likeness (QED) is 0.492. The smallest absolute Gasteiger partial charge is 0.291 e. The Morgan fingerprint density at radius 2 is 1.61 bits per heavy atom. The molecule has 3 aromatic rings. The molecule has 5 rings (SSSR count). The minimum atomic E-state index is -0.337. The van der Waals surface area contributed by atoms with Crippen LogP contribution in [0.3, 0.4) is 0 Å². The lowest BCUT2D eigenvalue weighted by atomic mass is 10.1. The predicted octanol–water partition coefficient (Wildman–Crippen LogP) is 3.65. The zero-order valence-electron chi connectivity index (χ0n) is 20.6. The van der Waals surface area contributed by atoms with Gasteiger partial charge in [-0.05, 0) is 74.8 Å². The van der Waals surface area contributed by atoms with Gasteiger partial charge < -0.3 is 30.2 Å². The van der Waals surface area contributed by atoms with Gasteiger partial charge in [0.25, 0.3) is 11.8 Å². The lowest BCUT2D eigenvalue weighted by molar-refractivity contribution is 0.0928. The third kappa shape index (κ3) is 5.39. The minimum Gasteiger partial charge on any atom is -0.459 e. The van der Waals surface area contributed by atoms with Crippen molar-refractivity contribution in [2.24, 2.45) is 0 Å². The van der Waals surface area contributed by atoms with Gasteiger partial charge in [-0.25, -0.2) is 0 Å². The number of benzene rings is 2. The number of piperidine rings is 1. The second kappa shape index (κ2) is 10.9. The summed E-state index contributed by atoms with van der Waals surface area (Å²) in [7, 11) is 0. The van der Waals surface area contributed by atoms with Crippen molar-refractivity contribution in [3.63, 3.8) is 0 Å². The molecular weight excluding hydrogens is 454 g/mol. The van der Waals surface area contributed by atoms with E-state index >= 15 is 0 Å². The fourth-order valence-electron chi connectivity index (χ4n) is 4.99. The average Bonchev–Trinajstić information content (AvgIpc) is 3.45. The van der Waals surface area contributed by atoms with Crippen LogP contribution in [0.4, 0.5) is 17.1 Å². The average molecular weight is 488 g/mol. The standard InChI is InChI=1S/C28H33N5O3/c1-20-5-2-3-6-24(20)32-14-16-33(17-15-32)25-9-8-21(27(34)30-22-10-12-29-13-11-22)19-23(25)31-28(35)26-7-4-18-36-26/h2-9,18-19,22,29H,10-17H2,1H3,(H,30,34)(H,31,35). The Bertz CT molecular complexity index is 1200. The largest absolute Gasteiger partial charge is 0.459 e.